The van der Waals surface area contributed by atoms with E-state index in [4.69, 9.17) is 21.1 Å². The molecule has 0 radical (unpaired) electrons. The van der Waals surface area contributed by atoms with Crippen molar-refractivity contribution in [2.75, 3.05) is 32.8 Å². The quantitative estimate of drug-likeness (QED) is 0.582. The van der Waals surface area contributed by atoms with Gasteiger partial charge >= 0.3 is 0 Å². The summed E-state index contributed by atoms with van der Waals surface area (Å²) in [6.07, 6.45) is 5.33. The molecule has 2 aromatic rings. The van der Waals surface area contributed by atoms with E-state index in [9.17, 15) is 9.59 Å². The van der Waals surface area contributed by atoms with Crippen molar-refractivity contribution in [3.63, 3.8) is 0 Å². The van der Waals surface area contributed by atoms with Gasteiger partial charge in [0.05, 0.1) is 6.61 Å². The van der Waals surface area contributed by atoms with Crippen LogP contribution in [-0.4, -0.2) is 49.6 Å². The molecule has 1 saturated heterocycles. The molecule has 4 rings (SSSR count). The third-order valence-corrected chi connectivity index (χ3v) is 6.72. The molecule has 0 unspecified atom stereocenters. The predicted molar refractivity (Wildman–Crippen MR) is 128 cm³/mol. The summed E-state index contributed by atoms with van der Waals surface area (Å²) in [5.41, 5.74) is 1.69. The zero-order valence-electron chi connectivity index (χ0n) is 19.1. The van der Waals surface area contributed by atoms with E-state index in [-0.39, 0.29) is 23.8 Å². The van der Waals surface area contributed by atoms with E-state index in [1.165, 1.54) is 12.0 Å². The van der Waals surface area contributed by atoms with Crippen molar-refractivity contribution in [1.82, 2.24) is 10.2 Å². The summed E-state index contributed by atoms with van der Waals surface area (Å²) in [4.78, 5) is 27.1. The van der Waals surface area contributed by atoms with Crippen molar-refractivity contribution < 1.29 is 19.1 Å². The largest absolute Gasteiger partial charge is 0.490 e. The number of halogens is 1. The molecule has 0 aromatic heterocycles. The number of amides is 2. The van der Waals surface area contributed by atoms with E-state index in [2.05, 4.69) is 5.32 Å². The Morgan fingerprint density at radius 2 is 1.73 bits per heavy atom. The maximum atomic E-state index is 12.9. The van der Waals surface area contributed by atoms with E-state index in [0.717, 1.165) is 38.8 Å². The van der Waals surface area contributed by atoms with Crippen LogP contribution in [0.25, 0.3) is 0 Å². The van der Waals surface area contributed by atoms with Gasteiger partial charge in [0, 0.05) is 35.6 Å². The summed E-state index contributed by atoms with van der Waals surface area (Å²) in [7, 11) is 0. The lowest BCUT2D eigenvalue weighted by Crippen LogP contribution is -2.38. The highest BCUT2D eigenvalue weighted by atomic mass is 35.5. The number of likely N-dealkylation sites (tertiary alicyclic amines) is 1. The lowest BCUT2D eigenvalue weighted by Gasteiger charge is -2.26. The van der Waals surface area contributed by atoms with E-state index in [0.29, 0.717) is 35.2 Å². The predicted octanol–water partition coefficient (Wildman–Crippen LogP) is 4.59. The van der Waals surface area contributed by atoms with Gasteiger partial charge < -0.3 is 19.7 Å². The zero-order valence-corrected chi connectivity index (χ0v) is 19.8. The molecule has 2 aliphatic rings. The van der Waals surface area contributed by atoms with E-state index < -0.39 is 0 Å². The Morgan fingerprint density at radius 1 is 1.00 bits per heavy atom. The Hall–Kier alpha value is -2.73. The number of rotatable bonds is 9. The monoisotopic (exact) mass is 470 g/mol. The molecule has 2 fully saturated rings. The lowest BCUT2D eigenvalue weighted by molar-refractivity contribution is -0.134. The average Bonchev–Trinajstić information content (AvgIpc) is 3.64. The van der Waals surface area contributed by atoms with Crippen LogP contribution in [0.2, 0.25) is 5.02 Å². The number of nitrogens with one attached hydrogen (secondary N) is 1. The van der Waals surface area contributed by atoms with Crippen LogP contribution in [0.15, 0.2) is 42.5 Å². The van der Waals surface area contributed by atoms with Gasteiger partial charge in [-0.15, -0.1) is 0 Å². The number of nitrogens with zero attached hydrogens (tertiary/aromatic N) is 1. The fourth-order valence-corrected chi connectivity index (χ4v) is 4.41. The van der Waals surface area contributed by atoms with Gasteiger partial charge in [-0.25, -0.2) is 0 Å². The van der Waals surface area contributed by atoms with Crippen molar-refractivity contribution in [2.24, 2.45) is 0 Å². The van der Waals surface area contributed by atoms with Gasteiger partial charge in [0.1, 0.15) is 0 Å². The minimum atomic E-state index is -0.160. The van der Waals surface area contributed by atoms with E-state index >= 15 is 0 Å². The van der Waals surface area contributed by atoms with Crippen LogP contribution in [0.4, 0.5) is 0 Å². The second-order valence-electron chi connectivity index (χ2n) is 8.79. The van der Waals surface area contributed by atoms with E-state index in [1.54, 1.807) is 18.2 Å². The lowest BCUT2D eigenvalue weighted by atomic mass is 9.96. The number of ether oxygens (including phenoxy) is 2. The molecular formula is C26H31ClN2O4. The molecule has 1 heterocycles. The van der Waals surface area contributed by atoms with Gasteiger partial charge in [0.15, 0.2) is 18.1 Å². The zero-order chi connectivity index (χ0) is 23.3. The van der Waals surface area contributed by atoms with Crippen molar-refractivity contribution in [3.8, 4) is 11.5 Å². The summed E-state index contributed by atoms with van der Waals surface area (Å²) < 4.78 is 11.5. The van der Waals surface area contributed by atoms with Crippen LogP contribution < -0.4 is 14.8 Å². The first kappa shape index (κ1) is 23.4. The number of carbonyl (C=O) groups is 2. The molecule has 7 heteroatoms. The Bertz CT molecular complexity index is 982. The molecule has 0 atom stereocenters. The Morgan fingerprint density at radius 3 is 2.39 bits per heavy atom. The minimum absolute atomic E-state index is 0.0130. The second kappa shape index (κ2) is 10.5. The molecule has 1 aliphatic heterocycles. The number of benzene rings is 2. The number of piperidine rings is 1. The van der Waals surface area contributed by atoms with Crippen LogP contribution >= 0.6 is 11.6 Å². The topological polar surface area (TPSA) is 67.9 Å². The maximum absolute atomic E-state index is 12.9. The third kappa shape index (κ3) is 5.80. The first-order valence-corrected chi connectivity index (χ1v) is 12.1. The van der Waals surface area contributed by atoms with E-state index in [1.807, 2.05) is 36.1 Å². The van der Waals surface area contributed by atoms with Gasteiger partial charge in [-0.05, 0) is 74.9 Å². The number of hydrogen-bond donors (Lipinski definition) is 1. The smallest absolute Gasteiger partial charge is 0.260 e. The fraction of sp³-hybridized carbons (Fsp3) is 0.462. The van der Waals surface area contributed by atoms with Gasteiger partial charge in [-0.3, -0.25) is 9.59 Å². The molecular weight excluding hydrogens is 440 g/mol. The van der Waals surface area contributed by atoms with Crippen molar-refractivity contribution >= 4 is 23.4 Å². The molecule has 1 saturated carbocycles. The van der Waals surface area contributed by atoms with Crippen LogP contribution in [0.3, 0.4) is 0 Å². The fourth-order valence-electron chi connectivity index (χ4n) is 4.28. The average molecular weight is 471 g/mol. The molecule has 33 heavy (non-hydrogen) atoms. The standard InChI is InChI=1S/C26H31ClN2O4/c1-2-32-23-16-19(6-11-22(23)33-17-24(30)29-14-4-3-5-15-29)25(31)28-18-26(12-13-26)20-7-9-21(27)10-8-20/h6-11,16H,2-5,12-15,17-18H2,1H3,(H,28,31). The molecule has 6 nitrogen and oxygen atoms in total. The van der Waals surface area contributed by atoms with Gasteiger partial charge in [0.25, 0.3) is 11.8 Å². The molecule has 176 valence electrons. The van der Waals surface area contributed by atoms with Crippen LogP contribution in [0.1, 0.15) is 54.9 Å². The summed E-state index contributed by atoms with van der Waals surface area (Å²) in [5, 5.41) is 3.78. The normalized spacial score (nSPS) is 16.7. The number of hydrogen-bond acceptors (Lipinski definition) is 4. The molecule has 2 amide bonds. The molecule has 2 aromatic carbocycles. The minimum Gasteiger partial charge on any atom is -0.490 e. The van der Waals surface area contributed by atoms with Crippen LogP contribution in [0.5, 0.6) is 11.5 Å². The third-order valence-electron chi connectivity index (χ3n) is 6.46. The van der Waals surface area contributed by atoms with Crippen LogP contribution in [0, 0.1) is 0 Å². The Kier molecular flexibility index (Phi) is 7.43. The molecule has 1 aliphatic carbocycles. The van der Waals surface area contributed by atoms with Crippen molar-refractivity contribution in [1.29, 1.82) is 0 Å². The SMILES string of the molecule is CCOc1cc(C(=O)NCC2(c3ccc(Cl)cc3)CC2)ccc1OCC(=O)N1CCCCC1. The summed E-state index contributed by atoms with van der Waals surface area (Å²) >= 11 is 6.01. The first-order valence-electron chi connectivity index (χ1n) is 11.7. The second-order valence-corrected chi connectivity index (χ2v) is 9.23. The molecule has 1 N–H and O–H groups in total. The first-order chi connectivity index (χ1) is 16.0. The summed E-state index contributed by atoms with van der Waals surface area (Å²) in [6, 6.07) is 12.9. The van der Waals surface area contributed by atoms with Gasteiger partial charge in [0.2, 0.25) is 0 Å². The molecule has 0 spiro atoms. The highest BCUT2D eigenvalue weighted by Crippen LogP contribution is 2.47. The number of carbonyl (C=O) groups excluding carboxylic acids is 2. The van der Waals surface area contributed by atoms with Gasteiger partial charge in [-0.1, -0.05) is 23.7 Å². The van der Waals surface area contributed by atoms with Crippen LogP contribution in [-0.2, 0) is 10.2 Å². The highest BCUT2D eigenvalue weighted by Gasteiger charge is 2.44. The summed E-state index contributed by atoms with van der Waals surface area (Å²) in [6.45, 7) is 4.42. The Balaban J connectivity index is 1.37. The highest BCUT2D eigenvalue weighted by molar-refractivity contribution is 6.30. The molecule has 0 bridgehead atoms. The maximum Gasteiger partial charge on any atom is 0.260 e. The Labute approximate surface area is 200 Å². The van der Waals surface area contributed by atoms with Crippen molar-refractivity contribution in [2.45, 2.75) is 44.4 Å². The van der Waals surface area contributed by atoms with Crippen molar-refractivity contribution in [3.05, 3.63) is 58.6 Å². The summed E-state index contributed by atoms with van der Waals surface area (Å²) in [5.74, 6) is 0.761. The van der Waals surface area contributed by atoms with Gasteiger partial charge in [-0.2, -0.15) is 0 Å².